The van der Waals surface area contributed by atoms with E-state index >= 15 is 0 Å². The van der Waals surface area contributed by atoms with Crippen LogP contribution in [0.25, 0.3) is 0 Å². The Hall–Kier alpha value is -1.69. The standard InChI is InChI=1S/C11H14N2O/c1-9-5-4-6-10(13)11(9)14-8-3-2-7-12/h4-6H,2-3,8,13H2,1H3. The SMILES string of the molecule is Cc1cccc(N)c1OCCCC#N. The molecule has 3 nitrogen and oxygen atoms in total. The van der Waals surface area contributed by atoms with Crippen LogP contribution in [0.1, 0.15) is 18.4 Å². The van der Waals surface area contributed by atoms with Gasteiger partial charge in [-0.25, -0.2) is 0 Å². The predicted octanol–water partition coefficient (Wildman–Crippen LogP) is 2.26. The number of ether oxygens (including phenoxy) is 1. The average molecular weight is 190 g/mol. The summed E-state index contributed by atoms with van der Waals surface area (Å²) in [5.41, 5.74) is 7.43. The number of aryl methyl sites for hydroxylation is 1. The summed E-state index contributed by atoms with van der Waals surface area (Å²) in [7, 11) is 0. The van der Waals surface area contributed by atoms with E-state index in [1.165, 1.54) is 0 Å². The van der Waals surface area contributed by atoms with E-state index in [9.17, 15) is 0 Å². The van der Waals surface area contributed by atoms with Crippen LogP contribution < -0.4 is 10.5 Å². The molecule has 3 heteroatoms. The molecule has 1 aromatic rings. The van der Waals surface area contributed by atoms with Crippen molar-refractivity contribution in [2.24, 2.45) is 0 Å². The number of hydrogen-bond acceptors (Lipinski definition) is 3. The fraction of sp³-hybridized carbons (Fsp3) is 0.364. The molecule has 0 bridgehead atoms. The lowest BCUT2D eigenvalue weighted by Gasteiger charge is -2.10. The zero-order chi connectivity index (χ0) is 10.4. The number of para-hydroxylation sites is 1. The minimum atomic E-state index is 0.520. The first-order chi connectivity index (χ1) is 6.75. The van der Waals surface area contributed by atoms with E-state index in [4.69, 9.17) is 15.7 Å². The highest BCUT2D eigenvalue weighted by atomic mass is 16.5. The van der Waals surface area contributed by atoms with Gasteiger partial charge in [-0.2, -0.15) is 5.26 Å². The molecule has 0 spiro atoms. The van der Waals surface area contributed by atoms with Gasteiger partial charge < -0.3 is 10.5 Å². The Labute approximate surface area is 84.1 Å². The van der Waals surface area contributed by atoms with Crippen LogP contribution in [0.15, 0.2) is 18.2 Å². The zero-order valence-corrected chi connectivity index (χ0v) is 8.29. The molecule has 0 fully saturated rings. The zero-order valence-electron chi connectivity index (χ0n) is 8.29. The largest absolute Gasteiger partial charge is 0.491 e. The Morgan fingerprint density at radius 1 is 1.50 bits per heavy atom. The topological polar surface area (TPSA) is 59.0 Å². The summed E-state index contributed by atoms with van der Waals surface area (Å²) in [5, 5.41) is 8.34. The summed E-state index contributed by atoms with van der Waals surface area (Å²) in [6.07, 6.45) is 1.26. The number of benzene rings is 1. The van der Waals surface area contributed by atoms with Crippen LogP contribution in [0.2, 0.25) is 0 Å². The molecule has 0 saturated heterocycles. The lowest BCUT2D eigenvalue weighted by atomic mass is 10.2. The van der Waals surface area contributed by atoms with Crippen LogP contribution >= 0.6 is 0 Å². The molecule has 0 amide bonds. The van der Waals surface area contributed by atoms with Gasteiger partial charge in [0.2, 0.25) is 0 Å². The summed E-state index contributed by atoms with van der Waals surface area (Å²) in [6.45, 7) is 2.50. The maximum Gasteiger partial charge on any atom is 0.145 e. The molecule has 1 aromatic carbocycles. The number of anilines is 1. The maximum atomic E-state index is 8.34. The molecule has 2 N–H and O–H groups in total. The fourth-order valence-corrected chi connectivity index (χ4v) is 1.20. The number of nitrogens with two attached hydrogens (primary N) is 1. The van der Waals surface area contributed by atoms with E-state index < -0.39 is 0 Å². The number of rotatable bonds is 4. The third kappa shape index (κ3) is 2.67. The number of nitrogens with zero attached hydrogens (tertiary/aromatic N) is 1. The monoisotopic (exact) mass is 190 g/mol. The van der Waals surface area contributed by atoms with Crippen LogP contribution in [0.3, 0.4) is 0 Å². The highest BCUT2D eigenvalue weighted by molar-refractivity contribution is 5.56. The Morgan fingerprint density at radius 3 is 2.93 bits per heavy atom. The number of nitriles is 1. The normalized spacial score (nSPS) is 9.43. The van der Waals surface area contributed by atoms with Crippen molar-refractivity contribution in [3.63, 3.8) is 0 Å². The van der Waals surface area contributed by atoms with Gasteiger partial charge in [0.1, 0.15) is 5.75 Å². The first-order valence-corrected chi connectivity index (χ1v) is 4.60. The second-order valence-electron chi connectivity index (χ2n) is 3.10. The van der Waals surface area contributed by atoms with E-state index in [1.54, 1.807) is 0 Å². The van der Waals surface area contributed by atoms with Gasteiger partial charge in [0.15, 0.2) is 0 Å². The van der Waals surface area contributed by atoms with Gasteiger partial charge in [0.05, 0.1) is 18.4 Å². The van der Waals surface area contributed by atoms with E-state index in [0.717, 1.165) is 17.7 Å². The molecule has 0 aromatic heterocycles. The minimum Gasteiger partial charge on any atom is -0.491 e. The van der Waals surface area contributed by atoms with Gasteiger partial charge in [0.25, 0.3) is 0 Å². The van der Waals surface area contributed by atoms with Crippen LogP contribution in [-0.4, -0.2) is 6.61 Å². The highest BCUT2D eigenvalue weighted by Gasteiger charge is 2.02. The quantitative estimate of drug-likeness (QED) is 0.585. The molecule has 0 aliphatic rings. The van der Waals surface area contributed by atoms with Gasteiger partial charge in [-0.15, -0.1) is 0 Å². The van der Waals surface area contributed by atoms with E-state index in [0.29, 0.717) is 18.7 Å². The molecule has 0 aliphatic heterocycles. The summed E-state index contributed by atoms with van der Waals surface area (Å²) < 4.78 is 5.49. The van der Waals surface area contributed by atoms with Crippen molar-refractivity contribution in [3.05, 3.63) is 23.8 Å². The molecular weight excluding hydrogens is 176 g/mol. The van der Waals surface area contributed by atoms with Crippen molar-refractivity contribution in [3.8, 4) is 11.8 Å². The minimum absolute atomic E-state index is 0.520. The van der Waals surface area contributed by atoms with E-state index in [2.05, 4.69) is 6.07 Å². The molecular formula is C11H14N2O. The first kappa shape index (κ1) is 10.4. The number of hydrogen-bond donors (Lipinski definition) is 1. The molecule has 0 radical (unpaired) electrons. The summed E-state index contributed by atoms with van der Waals surface area (Å²) in [6, 6.07) is 7.73. The Kier molecular flexibility index (Phi) is 3.81. The highest BCUT2D eigenvalue weighted by Crippen LogP contribution is 2.25. The summed E-state index contributed by atoms with van der Waals surface area (Å²) in [4.78, 5) is 0. The second kappa shape index (κ2) is 5.13. The second-order valence-corrected chi connectivity index (χ2v) is 3.10. The molecule has 0 unspecified atom stereocenters. The molecule has 0 atom stereocenters. The third-order valence-electron chi connectivity index (χ3n) is 1.92. The van der Waals surface area contributed by atoms with Gasteiger partial charge >= 0.3 is 0 Å². The average Bonchev–Trinajstić information content (AvgIpc) is 2.16. The Morgan fingerprint density at radius 2 is 2.29 bits per heavy atom. The Bertz CT molecular complexity index is 321. The number of nitrogen functional groups attached to an aromatic ring is 1. The molecule has 0 aliphatic carbocycles. The molecule has 74 valence electrons. The van der Waals surface area contributed by atoms with Gasteiger partial charge in [-0.05, 0) is 25.0 Å². The molecule has 0 saturated carbocycles. The number of unbranched alkanes of at least 4 members (excludes halogenated alkanes) is 1. The van der Waals surface area contributed by atoms with Gasteiger partial charge in [0, 0.05) is 6.42 Å². The van der Waals surface area contributed by atoms with Crippen LogP contribution in [0.4, 0.5) is 5.69 Å². The summed E-state index contributed by atoms with van der Waals surface area (Å²) >= 11 is 0. The smallest absolute Gasteiger partial charge is 0.145 e. The van der Waals surface area contributed by atoms with Crippen LogP contribution in [0.5, 0.6) is 5.75 Å². The van der Waals surface area contributed by atoms with Crippen molar-refractivity contribution >= 4 is 5.69 Å². The summed E-state index contributed by atoms with van der Waals surface area (Å²) in [5.74, 6) is 0.741. The van der Waals surface area contributed by atoms with Crippen molar-refractivity contribution < 1.29 is 4.74 Å². The maximum absolute atomic E-state index is 8.34. The molecule has 14 heavy (non-hydrogen) atoms. The van der Waals surface area contributed by atoms with Crippen LogP contribution in [0, 0.1) is 18.3 Å². The third-order valence-corrected chi connectivity index (χ3v) is 1.92. The van der Waals surface area contributed by atoms with Crippen molar-refractivity contribution in [1.29, 1.82) is 5.26 Å². The fourth-order valence-electron chi connectivity index (χ4n) is 1.20. The molecule has 0 heterocycles. The van der Waals surface area contributed by atoms with Gasteiger partial charge in [-0.3, -0.25) is 0 Å². The van der Waals surface area contributed by atoms with Gasteiger partial charge in [-0.1, -0.05) is 12.1 Å². The van der Waals surface area contributed by atoms with Crippen molar-refractivity contribution in [1.82, 2.24) is 0 Å². The predicted molar refractivity (Wildman–Crippen MR) is 55.9 cm³/mol. The lowest BCUT2D eigenvalue weighted by molar-refractivity contribution is 0.312. The molecule has 1 rings (SSSR count). The Balaban J connectivity index is 2.54. The first-order valence-electron chi connectivity index (χ1n) is 4.60. The van der Waals surface area contributed by atoms with E-state index in [1.807, 2.05) is 25.1 Å². The van der Waals surface area contributed by atoms with Crippen molar-refractivity contribution in [2.75, 3.05) is 12.3 Å². The van der Waals surface area contributed by atoms with E-state index in [-0.39, 0.29) is 0 Å². The van der Waals surface area contributed by atoms with Crippen LogP contribution in [-0.2, 0) is 0 Å². The van der Waals surface area contributed by atoms with Crippen molar-refractivity contribution in [2.45, 2.75) is 19.8 Å². The lowest BCUT2D eigenvalue weighted by Crippen LogP contribution is -2.01.